The summed E-state index contributed by atoms with van der Waals surface area (Å²) in [6, 6.07) is 9.32. The van der Waals surface area contributed by atoms with Crippen molar-refractivity contribution in [3.63, 3.8) is 0 Å². The Morgan fingerprint density at radius 3 is 2.58 bits per heavy atom. The highest BCUT2D eigenvalue weighted by atomic mass is 19.1. The quantitative estimate of drug-likeness (QED) is 0.398. The molecule has 2 aromatic carbocycles. The second-order valence-corrected chi connectivity index (χ2v) is 8.71. The van der Waals surface area contributed by atoms with Crippen LogP contribution in [0.3, 0.4) is 0 Å². The molecule has 8 heteroatoms. The van der Waals surface area contributed by atoms with Crippen molar-refractivity contribution in [1.29, 1.82) is 0 Å². The van der Waals surface area contributed by atoms with E-state index in [1.165, 1.54) is 17.8 Å². The lowest BCUT2D eigenvalue weighted by Crippen LogP contribution is -2.16. The van der Waals surface area contributed by atoms with E-state index in [9.17, 15) is 13.6 Å². The minimum absolute atomic E-state index is 0.245. The summed E-state index contributed by atoms with van der Waals surface area (Å²) in [5, 5.41) is 9.24. The van der Waals surface area contributed by atoms with Gasteiger partial charge in [-0.15, -0.1) is 0 Å². The van der Waals surface area contributed by atoms with E-state index in [0.29, 0.717) is 11.5 Å². The van der Waals surface area contributed by atoms with Gasteiger partial charge in [0.05, 0.1) is 22.9 Å². The van der Waals surface area contributed by atoms with E-state index in [-0.39, 0.29) is 11.1 Å². The van der Waals surface area contributed by atoms with E-state index in [0.717, 1.165) is 36.0 Å². The fourth-order valence-corrected chi connectivity index (χ4v) is 3.31. The highest BCUT2D eigenvalue weighted by molar-refractivity contribution is 6.06. The molecule has 2 aromatic heterocycles. The summed E-state index contributed by atoms with van der Waals surface area (Å²) in [6.07, 6.45) is 3.38. The predicted molar refractivity (Wildman–Crippen MR) is 116 cm³/mol. The van der Waals surface area contributed by atoms with Gasteiger partial charge in [0.15, 0.2) is 5.82 Å². The van der Waals surface area contributed by atoms with Gasteiger partial charge in [-0.2, -0.15) is 5.10 Å². The third-order valence-electron chi connectivity index (χ3n) is 5.02. The average molecular weight is 423 g/mol. The Bertz CT molecular complexity index is 1230. The number of fused-ring (bicyclic) bond motifs is 1. The summed E-state index contributed by atoms with van der Waals surface area (Å²) in [6.45, 7) is 6.63. The Kier molecular flexibility index (Phi) is 5.31. The van der Waals surface area contributed by atoms with Crippen molar-refractivity contribution in [3.8, 4) is 11.5 Å². The van der Waals surface area contributed by atoms with Crippen LogP contribution in [0.4, 0.5) is 14.5 Å². The van der Waals surface area contributed by atoms with Gasteiger partial charge in [0.1, 0.15) is 22.9 Å². The molecule has 0 spiro atoms. The van der Waals surface area contributed by atoms with Gasteiger partial charge in [-0.25, -0.2) is 13.8 Å². The number of aryl methyl sites for hydroxylation is 1. The summed E-state index contributed by atoms with van der Waals surface area (Å²) < 4.78 is 27.8. The molecule has 0 atom stereocenters. The Morgan fingerprint density at radius 2 is 1.87 bits per heavy atom. The van der Waals surface area contributed by atoms with E-state index in [2.05, 4.69) is 58.4 Å². The van der Waals surface area contributed by atoms with Gasteiger partial charge < -0.3 is 10.3 Å². The number of nitrogens with one attached hydrogen (secondary N) is 3. The number of amides is 1. The first-order chi connectivity index (χ1) is 14.7. The number of aromatic amines is 2. The van der Waals surface area contributed by atoms with Gasteiger partial charge in [-0.1, -0.05) is 32.9 Å². The fraction of sp³-hybridized carbons (Fsp3) is 0.261. The maximum Gasteiger partial charge on any atom is 0.261 e. The fourth-order valence-electron chi connectivity index (χ4n) is 3.31. The smallest absolute Gasteiger partial charge is 0.261 e. The van der Waals surface area contributed by atoms with Gasteiger partial charge in [-0.05, 0) is 48.1 Å². The topological polar surface area (TPSA) is 86.5 Å². The summed E-state index contributed by atoms with van der Waals surface area (Å²) in [4.78, 5) is 20.2. The molecule has 0 saturated carbocycles. The Labute approximate surface area is 178 Å². The summed E-state index contributed by atoms with van der Waals surface area (Å²) in [7, 11) is 0. The SMILES string of the molecule is CC(C)(C)CCc1ccc2nc(-c3[nH]ncc3NC(=O)c3c(F)cccc3F)[nH]c2c1. The number of nitrogens with zero attached hydrogens (tertiary/aromatic N) is 2. The van der Waals surface area contributed by atoms with Crippen LogP contribution in [0.2, 0.25) is 0 Å². The van der Waals surface area contributed by atoms with Crippen molar-refractivity contribution in [2.24, 2.45) is 5.41 Å². The monoisotopic (exact) mass is 423 g/mol. The molecule has 31 heavy (non-hydrogen) atoms. The molecule has 0 saturated heterocycles. The number of hydrogen-bond donors (Lipinski definition) is 3. The first-order valence-electron chi connectivity index (χ1n) is 9.99. The van der Waals surface area contributed by atoms with Crippen LogP contribution in [0, 0.1) is 17.0 Å². The number of halogens is 2. The van der Waals surface area contributed by atoms with E-state index in [1.54, 1.807) is 0 Å². The molecule has 4 aromatic rings. The second-order valence-electron chi connectivity index (χ2n) is 8.71. The Hall–Kier alpha value is -3.55. The van der Waals surface area contributed by atoms with Gasteiger partial charge >= 0.3 is 0 Å². The molecule has 0 bridgehead atoms. The standard InChI is InChI=1S/C23H23F2N5O/c1-23(2,3)10-9-13-7-8-16-17(11-13)28-21(27-16)20-18(12-26-30-20)29-22(31)19-14(24)5-4-6-15(19)25/h4-8,11-12H,9-10H2,1-3H3,(H,26,30)(H,27,28)(H,29,31). The first-order valence-corrected chi connectivity index (χ1v) is 9.99. The number of carbonyl (C=O) groups is 1. The third-order valence-corrected chi connectivity index (χ3v) is 5.02. The van der Waals surface area contributed by atoms with E-state index in [1.807, 2.05) is 6.07 Å². The summed E-state index contributed by atoms with van der Waals surface area (Å²) in [5.41, 5.74) is 3.09. The van der Waals surface area contributed by atoms with Crippen LogP contribution in [-0.2, 0) is 6.42 Å². The number of aromatic nitrogens is 4. The minimum Gasteiger partial charge on any atom is -0.337 e. The molecule has 6 nitrogen and oxygen atoms in total. The van der Waals surface area contributed by atoms with Crippen molar-refractivity contribution in [2.75, 3.05) is 5.32 Å². The Balaban J connectivity index is 1.60. The number of benzene rings is 2. The summed E-state index contributed by atoms with van der Waals surface area (Å²) >= 11 is 0. The number of rotatable bonds is 5. The number of H-pyrrole nitrogens is 2. The van der Waals surface area contributed by atoms with E-state index in [4.69, 9.17) is 0 Å². The lowest BCUT2D eigenvalue weighted by molar-refractivity contribution is 0.101. The highest BCUT2D eigenvalue weighted by Gasteiger charge is 2.20. The van der Waals surface area contributed by atoms with Crippen LogP contribution in [0.15, 0.2) is 42.6 Å². The van der Waals surface area contributed by atoms with Crippen LogP contribution in [0.25, 0.3) is 22.6 Å². The lowest BCUT2D eigenvalue weighted by atomic mass is 9.89. The molecule has 2 heterocycles. The van der Waals surface area contributed by atoms with Crippen LogP contribution < -0.4 is 5.32 Å². The highest BCUT2D eigenvalue weighted by Crippen LogP contribution is 2.28. The zero-order valence-corrected chi connectivity index (χ0v) is 17.5. The van der Waals surface area contributed by atoms with Crippen molar-refractivity contribution in [1.82, 2.24) is 20.2 Å². The first kappa shape index (κ1) is 20.7. The van der Waals surface area contributed by atoms with Crippen molar-refractivity contribution >= 4 is 22.6 Å². The zero-order valence-electron chi connectivity index (χ0n) is 17.5. The maximum absolute atomic E-state index is 13.9. The van der Waals surface area contributed by atoms with Crippen LogP contribution in [-0.4, -0.2) is 26.1 Å². The third kappa shape index (κ3) is 4.47. The van der Waals surface area contributed by atoms with Crippen molar-refractivity contribution in [3.05, 3.63) is 65.4 Å². The van der Waals surface area contributed by atoms with Crippen molar-refractivity contribution < 1.29 is 13.6 Å². The largest absolute Gasteiger partial charge is 0.337 e. The van der Waals surface area contributed by atoms with E-state index < -0.39 is 23.1 Å². The van der Waals surface area contributed by atoms with Crippen LogP contribution in [0.5, 0.6) is 0 Å². The number of imidazole rings is 1. The average Bonchev–Trinajstić information content (AvgIpc) is 3.31. The number of anilines is 1. The second kappa shape index (κ2) is 7.94. The van der Waals surface area contributed by atoms with Gasteiger partial charge in [0, 0.05) is 0 Å². The zero-order chi connectivity index (χ0) is 22.2. The molecule has 0 fully saturated rings. The van der Waals surface area contributed by atoms with Gasteiger partial charge in [0.25, 0.3) is 5.91 Å². The molecule has 160 valence electrons. The molecule has 0 radical (unpaired) electrons. The molecular weight excluding hydrogens is 400 g/mol. The molecule has 0 aliphatic carbocycles. The van der Waals surface area contributed by atoms with Gasteiger partial charge in [0.2, 0.25) is 0 Å². The predicted octanol–water partition coefficient (Wildman–Crippen LogP) is 5.46. The molecule has 0 aliphatic heterocycles. The molecular formula is C23H23F2N5O. The van der Waals surface area contributed by atoms with Crippen LogP contribution in [0.1, 0.15) is 43.1 Å². The van der Waals surface area contributed by atoms with Crippen LogP contribution >= 0.6 is 0 Å². The minimum atomic E-state index is -0.936. The lowest BCUT2D eigenvalue weighted by Gasteiger charge is -2.17. The van der Waals surface area contributed by atoms with Gasteiger partial charge in [-0.3, -0.25) is 9.89 Å². The molecule has 3 N–H and O–H groups in total. The molecule has 4 rings (SSSR count). The maximum atomic E-state index is 13.9. The molecule has 0 aliphatic rings. The molecule has 1 amide bonds. The van der Waals surface area contributed by atoms with E-state index >= 15 is 0 Å². The van der Waals surface area contributed by atoms with Crippen molar-refractivity contribution in [2.45, 2.75) is 33.6 Å². The number of hydrogen-bond acceptors (Lipinski definition) is 3. The summed E-state index contributed by atoms with van der Waals surface area (Å²) in [5.74, 6) is -2.31. The molecule has 0 unspecified atom stereocenters. The number of carbonyl (C=O) groups excluding carboxylic acids is 1. The Morgan fingerprint density at radius 1 is 1.13 bits per heavy atom. The normalized spacial score (nSPS) is 11.8.